The Balaban J connectivity index is 1.67. The second kappa shape index (κ2) is 6.35. The number of aryl methyl sites for hydroxylation is 1. The Morgan fingerprint density at radius 1 is 1.35 bits per heavy atom. The van der Waals surface area contributed by atoms with E-state index in [1.807, 2.05) is 30.3 Å². The maximum atomic E-state index is 12.2. The van der Waals surface area contributed by atoms with Gasteiger partial charge in [0.15, 0.2) is 5.76 Å². The Morgan fingerprint density at radius 2 is 2.13 bits per heavy atom. The Bertz CT molecular complexity index is 808. The summed E-state index contributed by atoms with van der Waals surface area (Å²) in [6, 6.07) is 11.5. The molecule has 0 saturated carbocycles. The molecule has 7 heteroatoms. The minimum absolute atomic E-state index is 0.257. The summed E-state index contributed by atoms with van der Waals surface area (Å²) in [5, 5.41) is 10.8. The summed E-state index contributed by atoms with van der Waals surface area (Å²) in [6.45, 7) is 0.257. The molecule has 0 radical (unpaired) electrons. The molecule has 2 heterocycles. The first-order chi connectivity index (χ1) is 11.2. The fourth-order valence-corrected chi connectivity index (χ4v) is 2.17. The summed E-state index contributed by atoms with van der Waals surface area (Å²) in [6.07, 6.45) is 1.60. The SMILES string of the molecule is COc1nn(C)cc1C(=O)NCc1cc(-c2ccccc2)on1. The van der Waals surface area contributed by atoms with Crippen LogP contribution < -0.4 is 10.1 Å². The van der Waals surface area contributed by atoms with E-state index in [4.69, 9.17) is 9.26 Å². The van der Waals surface area contributed by atoms with Crippen molar-refractivity contribution in [2.75, 3.05) is 7.11 Å². The van der Waals surface area contributed by atoms with E-state index in [0.29, 0.717) is 17.0 Å². The van der Waals surface area contributed by atoms with E-state index in [9.17, 15) is 4.79 Å². The number of carbonyl (C=O) groups is 1. The van der Waals surface area contributed by atoms with Gasteiger partial charge in [0.1, 0.15) is 11.3 Å². The maximum absolute atomic E-state index is 12.2. The topological polar surface area (TPSA) is 82.2 Å². The van der Waals surface area contributed by atoms with E-state index in [-0.39, 0.29) is 18.3 Å². The number of rotatable bonds is 5. The van der Waals surface area contributed by atoms with Crippen LogP contribution in [0.4, 0.5) is 0 Å². The van der Waals surface area contributed by atoms with Gasteiger partial charge < -0.3 is 14.6 Å². The molecule has 0 saturated heterocycles. The van der Waals surface area contributed by atoms with Crippen molar-refractivity contribution in [3.8, 4) is 17.2 Å². The van der Waals surface area contributed by atoms with Crippen molar-refractivity contribution in [3.05, 3.63) is 53.9 Å². The summed E-state index contributed by atoms with van der Waals surface area (Å²) < 4.78 is 11.9. The predicted octanol–water partition coefficient (Wildman–Crippen LogP) is 2.01. The highest BCUT2D eigenvalue weighted by atomic mass is 16.5. The number of nitrogens with zero attached hydrogens (tertiary/aromatic N) is 3. The van der Waals surface area contributed by atoms with Gasteiger partial charge in [-0.3, -0.25) is 9.48 Å². The molecule has 7 nitrogen and oxygen atoms in total. The molecule has 0 aliphatic carbocycles. The van der Waals surface area contributed by atoms with Crippen LogP contribution in [-0.2, 0) is 13.6 Å². The molecule has 23 heavy (non-hydrogen) atoms. The zero-order valence-electron chi connectivity index (χ0n) is 12.8. The molecule has 2 aromatic heterocycles. The van der Waals surface area contributed by atoms with Gasteiger partial charge in [-0.2, -0.15) is 0 Å². The quantitative estimate of drug-likeness (QED) is 0.779. The molecule has 0 aliphatic rings. The average Bonchev–Trinajstić information content (AvgIpc) is 3.20. The number of ether oxygens (including phenoxy) is 1. The van der Waals surface area contributed by atoms with Crippen LogP contribution in [-0.4, -0.2) is 28.0 Å². The second-order valence-electron chi connectivity index (χ2n) is 4.96. The normalized spacial score (nSPS) is 10.5. The third kappa shape index (κ3) is 3.23. The average molecular weight is 312 g/mol. The molecule has 0 fully saturated rings. The Morgan fingerprint density at radius 3 is 2.87 bits per heavy atom. The minimum atomic E-state index is -0.279. The molecule has 0 aliphatic heterocycles. The lowest BCUT2D eigenvalue weighted by Crippen LogP contribution is -2.23. The molecule has 1 aromatic carbocycles. The number of methoxy groups -OCH3 is 1. The van der Waals surface area contributed by atoms with Crippen LogP contribution in [0, 0.1) is 0 Å². The molecule has 0 unspecified atom stereocenters. The lowest BCUT2D eigenvalue weighted by atomic mass is 10.1. The monoisotopic (exact) mass is 312 g/mol. The summed E-state index contributed by atoms with van der Waals surface area (Å²) in [5.41, 5.74) is 1.95. The molecule has 118 valence electrons. The van der Waals surface area contributed by atoms with Crippen LogP contribution in [0.25, 0.3) is 11.3 Å². The van der Waals surface area contributed by atoms with Gasteiger partial charge in [0.05, 0.1) is 13.7 Å². The van der Waals surface area contributed by atoms with Gasteiger partial charge in [0.2, 0.25) is 5.88 Å². The van der Waals surface area contributed by atoms with Crippen molar-refractivity contribution < 1.29 is 14.1 Å². The number of carbonyl (C=O) groups excluding carboxylic acids is 1. The van der Waals surface area contributed by atoms with Gasteiger partial charge in [-0.1, -0.05) is 35.5 Å². The number of hydrogen-bond donors (Lipinski definition) is 1. The van der Waals surface area contributed by atoms with Crippen LogP contribution >= 0.6 is 0 Å². The predicted molar refractivity (Wildman–Crippen MR) is 82.9 cm³/mol. The van der Waals surface area contributed by atoms with E-state index in [0.717, 1.165) is 5.56 Å². The van der Waals surface area contributed by atoms with Gasteiger partial charge in [-0.05, 0) is 0 Å². The van der Waals surface area contributed by atoms with E-state index < -0.39 is 0 Å². The zero-order chi connectivity index (χ0) is 16.2. The van der Waals surface area contributed by atoms with Crippen LogP contribution in [0.15, 0.2) is 47.1 Å². The molecule has 1 amide bonds. The van der Waals surface area contributed by atoms with Crippen LogP contribution in [0.3, 0.4) is 0 Å². The first-order valence-electron chi connectivity index (χ1n) is 7.04. The number of aromatic nitrogens is 3. The van der Waals surface area contributed by atoms with E-state index >= 15 is 0 Å². The highest BCUT2D eigenvalue weighted by Gasteiger charge is 2.16. The van der Waals surface area contributed by atoms with Gasteiger partial charge >= 0.3 is 0 Å². The van der Waals surface area contributed by atoms with E-state index in [1.165, 1.54) is 11.8 Å². The smallest absolute Gasteiger partial charge is 0.258 e. The second-order valence-corrected chi connectivity index (χ2v) is 4.96. The Hall–Kier alpha value is -3.09. The highest BCUT2D eigenvalue weighted by molar-refractivity contribution is 5.96. The van der Waals surface area contributed by atoms with E-state index in [1.54, 1.807) is 19.3 Å². The molecule has 3 rings (SSSR count). The first kappa shape index (κ1) is 14.8. The van der Waals surface area contributed by atoms with Crippen molar-refractivity contribution in [1.82, 2.24) is 20.3 Å². The van der Waals surface area contributed by atoms with Crippen molar-refractivity contribution in [2.24, 2.45) is 7.05 Å². The third-order valence-electron chi connectivity index (χ3n) is 3.28. The van der Waals surface area contributed by atoms with Gasteiger partial charge in [0, 0.05) is 24.9 Å². The largest absolute Gasteiger partial charge is 0.479 e. The van der Waals surface area contributed by atoms with Crippen LogP contribution in [0.1, 0.15) is 16.1 Å². The summed E-state index contributed by atoms with van der Waals surface area (Å²) in [7, 11) is 3.20. The van der Waals surface area contributed by atoms with Gasteiger partial charge in [-0.25, -0.2) is 0 Å². The maximum Gasteiger partial charge on any atom is 0.258 e. The van der Waals surface area contributed by atoms with Crippen molar-refractivity contribution in [3.63, 3.8) is 0 Å². The fourth-order valence-electron chi connectivity index (χ4n) is 2.17. The van der Waals surface area contributed by atoms with Crippen molar-refractivity contribution in [2.45, 2.75) is 6.54 Å². The summed E-state index contributed by atoms with van der Waals surface area (Å²) in [4.78, 5) is 12.2. The number of benzene rings is 1. The highest BCUT2D eigenvalue weighted by Crippen LogP contribution is 2.20. The lowest BCUT2D eigenvalue weighted by molar-refractivity contribution is 0.0947. The Labute approximate surface area is 132 Å². The van der Waals surface area contributed by atoms with Crippen molar-refractivity contribution >= 4 is 5.91 Å². The van der Waals surface area contributed by atoms with Gasteiger partial charge in [-0.15, -0.1) is 5.10 Å². The summed E-state index contributed by atoms with van der Waals surface area (Å²) >= 11 is 0. The number of amides is 1. The zero-order valence-corrected chi connectivity index (χ0v) is 12.8. The van der Waals surface area contributed by atoms with Crippen LogP contribution in [0.2, 0.25) is 0 Å². The minimum Gasteiger partial charge on any atom is -0.479 e. The van der Waals surface area contributed by atoms with Crippen molar-refractivity contribution in [1.29, 1.82) is 0 Å². The molecule has 3 aromatic rings. The molecule has 0 atom stereocenters. The van der Waals surface area contributed by atoms with Crippen LogP contribution in [0.5, 0.6) is 5.88 Å². The first-order valence-corrected chi connectivity index (χ1v) is 7.04. The summed E-state index contributed by atoms with van der Waals surface area (Å²) in [5.74, 6) is 0.670. The molecule has 1 N–H and O–H groups in total. The van der Waals surface area contributed by atoms with E-state index in [2.05, 4.69) is 15.6 Å². The number of hydrogen-bond acceptors (Lipinski definition) is 5. The standard InChI is InChI=1S/C16H16N4O3/c1-20-10-13(16(18-20)22-2)15(21)17-9-12-8-14(23-19-12)11-6-4-3-5-7-11/h3-8,10H,9H2,1-2H3,(H,17,21). The fraction of sp³-hybridized carbons (Fsp3) is 0.188. The molecular formula is C16H16N4O3. The Kier molecular flexibility index (Phi) is 4.09. The molecule has 0 bridgehead atoms. The lowest BCUT2D eigenvalue weighted by Gasteiger charge is -2.01. The van der Waals surface area contributed by atoms with Gasteiger partial charge in [0.25, 0.3) is 5.91 Å². The third-order valence-corrected chi connectivity index (χ3v) is 3.28. The molecular weight excluding hydrogens is 296 g/mol. The number of nitrogens with one attached hydrogen (secondary N) is 1. The molecule has 0 spiro atoms.